The number of benzene rings is 2. The zero-order valence-corrected chi connectivity index (χ0v) is 19.4. The van der Waals surface area contributed by atoms with E-state index in [1.165, 1.54) is 0 Å². The molecule has 8 nitrogen and oxygen atoms in total. The summed E-state index contributed by atoms with van der Waals surface area (Å²) < 4.78 is 13.1. The van der Waals surface area contributed by atoms with Crippen LogP contribution in [0.1, 0.15) is 28.7 Å². The van der Waals surface area contributed by atoms with Crippen LogP contribution >= 0.6 is 0 Å². The highest BCUT2D eigenvalue weighted by Gasteiger charge is 2.23. The second kappa shape index (κ2) is 10.5. The smallest absolute Gasteiger partial charge is 0.320 e. The van der Waals surface area contributed by atoms with Crippen molar-refractivity contribution in [2.45, 2.75) is 39.5 Å². The Bertz CT molecular complexity index is 1090. The minimum atomic E-state index is -0.305. The molecule has 3 N–H and O–H groups in total. The number of anilines is 1. The van der Waals surface area contributed by atoms with E-state index in [-0.39, 0.29) is 12.1 Å². The maximum atomic E-state index is 12.9. The third kappa shape index (κ3) is 5.53. The number of carbonyl (C=O) groups is 1. The molecule has 2 aromatic carbocycles. The fraction of sp³-hybridized carbons (Fsp3) is 0.360. The Morgan fingerprint density at radius 2 is 2.03 bits per heavy atom. The number of hydrogen-bond acceptors (Lipinski definition) is 5. The Balaban J connectivity index is 1.52. The van der Waals surface area contributed by atoms with E-state index in [0.29, 0.717) is 24.8 Å². The normalized spacial score (nSPS) is 15.4. The molecular weight excluding hydrogens is 418 g/mol. The van der Waals surface area contributed by atoms with Crippen molar-refractivity contribution in [2.75, 3.05) is 25.5 Å². The van der Waals surface area contributed by atoms with Gasteiger partial charge in [-0.15, -0.1) is 5.10 Å². The van der Waals surface area contributed by atoms with Gasteiger partial charge in [-0.05, 0) is 55.6 Å². The Labute approximate surface area is 194 Å². The van der Waals surface area contributed by atoms with Crippen LogP contribution in [0.2, 0.25) is 0 Å². The largest absolute Gasteiger partial charge is 0.472 e. The van der Waals surface area contributed by atoms with Gasteiger partial charge in [0, 0.05) is 20.2 Å². The molecule has 3 aromatic rings. The van der Waals surface area contributed by atoms with Gasteiger partial charge in [-0.3, -0.25) is 5.32 Å². The first-order chi connectivity index (χ1) is 16.0. The maximum Gasteiger partial charge on any atom is 0.320 e. The van der Waals surface area contributed by atoms with E-state index in [0.717, 1.165) is 47.5 Å². The van der Waals surface area contributed by atoms with Gasteiger partial charge in [0.15, 0.2) is 0 Å². The van der Waals surface area contributed by atoms with E-state index in [1.54, 1.807) is 11.8 Å². The third-order valence-corrected chi connectivity index (χ3v) is 5.77. The lowest BCUT2D eigenvalue weighted by atomic mass is 10.1. The Morgan fingerprint density at radius 1 is 1.21 bits per heavy atom. The molecule has 33 heavy (non-hydrogen) atoms. The average Bonchev–Trinajstić information content (AvgIpc) is 3.44. The van der Waals surface area contributed by atoms with Crippen molar-refractivity contribution in [2.24, 2.45) is 0 Å². The first-order valence-electron chi connectivity index (χ1n) is 11.2. The number of aromatic nitrogens is 2. The SMILES string of the molecule is COCc1ccc(C)c(CNC(=O)Nc2c(C)c(O[C@H]3CCNC3)nn2-c2ccccc2)c1. The van der Waals surface area contributed by atoms with Gasteiger partial charge >= 0.3 is 6.03 Å². The number of nitrogens with one attached hydrogen (secondary N) is 3. The maximum absolute atomic E-state index is 12.9. The van der Waals surface area contributed by atoms with E-state index in [4.69, 9.17) is 9.47 Å². The first-order valence-corrected chi connectivity index (χ1v) is 11.2. The predicted octanol–water partition coefficient (Wildman–Crippen LogP) is 3.70. The lowest BCUT2D eigenvalue weighted by Gasteiger charge is -2.13. The number of para-hydroxylation sites is 1. The number of rotatable bonds is 8. The highest BCUT2D eigenvalue weighted by molar-refractivity contribution is 5.89. The van der Waals surface area contributed by atoms with Gasteiger partial charge in [0.05, 0.1) is 17.9 Å². The van der Waals surface area contributed by atoms with Gasteiger partial charge in [-0.1, -0.05) is 36.4 Å². The Hall–Kier alpha value is -3.36. The van der Waals surface area contributed by atoms with Crippen LogP contribution in [0, 0.1) is 13.8 Å². The molecule has 1 aliphatic rings. The van der Waals surface area contributed by atoms with Gasteiger partial charge in [0.2, 0.25) is 5.88 Å². The standard InChI is InChI=1S/C25H31N5O3/c1-17-9-10-19(16-32-3)13-20(17)14-27-25(31)28-23-18(2)24(33-22-11-12-26-15-22)29-30(23)21-7-5-4-6-8-21/h4-10,13,22,26H,11-12,14-16H2,1-3H3,(H2,27,28,31)/t22-/m0/s1. The molecule has 1 aliphatic heterocycles. The van der Waals surface area contributed by atoms with Gasteiger partial charge in [-0.25, -0.2) is 9.48 Å². The highest BCUT2D eigenvalue weighted by atomic mass is 16.5. The Morgan fingerprint density at radius 3 is 2.76 bits per heavy atom. The summed E-state index contributed by atoms with van der Waals surface area (Å²) >= 11 is 0. The molecule has 0 spiro atoms. The molecule has 174 valence electrons. The van der Waals surface area contributed by atoms with Crippen LogP contribution in [0.4, 0.5) is 10.6 Å². The summed E-state index contributed by atoms with van der Waals surface area (Å²) in [6.07, 6.45) is 1.01. The fourth-order valence-corrected chi connectivity index (χ4v) is 3.88. The summed E-state index contributed by atoms with van der Waals surface area (Å²) in [6.45, 7) is 6.61. The number of carbonyl (C=O) groups excluding carboxylic acids is 1. The van der Waals surface area contributed by atoms with Crippen molar-refractivity contribution in [3.8, 4) is 11.6 Å². The van der Waals surface area contributed by atoms with E-state index >= 15 is 0 Å². The summed E-state index contributed by atoms with van der Waals surface area (Å²) in [7, 11) is 1.67. The van der Waals surface area contributed by atoms with Crippen molar-refractivity contribution >= 4 is 11.8 Å². The highest BCUT2D eigenvalue weighted by Crippen LogP contribution is 2.29. The van der Waals surface area contributed by atoms with Gasteiger partial charge in [0.25, 0.3) is 0 Å². The summed E-state index contributed by atoms with van der Waals surface area (Å²) in [5.41, 5.74) is 4.87. The Kier molecular flexibility index (Phi) is 7.26. The van der Waals surface area contributed by atoms with E-state index in [2.05, 4.69) is 27.1 Å². The molecular formula is C25H31N5O3. The third-order valence-electron chi connectivity index (χ3n) is 5.77. The minimum Gasteiger partial charge on any atom is -0.472 e. The van der Waals surface area contributed by atoms with Gasteiger partial charge in [-0.2, -0.15) is 0 Å². The zero-order chi connectivity index (χ0) is 23.2. The lowest BCUT2D eigenvalue weighted by molar-refractivity contribution is 0.185. The van der Waals surface area contributed by atoms with Crippen LogP contribution in [0.3, 0.4) is 0 Å². The molecule has 1 saturated heterocycles. The topological polar surface area (TPSA) is 89.4 Å². The molecule has 2 amide bonds. The number of amides is 2. The van der Waals surface area contributed by atoms with Crippen molar-refractivity contribution < 1.29 is 14.3 Å². The number of hydrogen-bond donors (Lipinski definition) is 3. The molecule has 2 heterocycles. The second-order valence-corrected chi connectivity index (χ2v) is 8.26. The predicted molar refractivity (Wildman–Crippen MR) is 128 cm³/mol. The fourth-order valence-electron chi connectivity index (χ4n) is 3.88. The molecule has 4 rings (SSSR count). The molecule has 1 fully saturated rings. The van der Waals surface area contributed by atoms with E-state index in [1.807, 2.05) is 56.3 Å². The van der Waals surface area contributed by atoms with Crippen LogP contribution in [0.15, 0.2) is 48.5 Å². The van der Waals surface area contributed by atoms with Crippen LogP contribution in [-0.4, -0.2) is 42.1 Å². The molecule has 0 radical (unpaired) electrons. The van der Waals surface area contributed by atoms with Crippen LogP contribution in [0.25, 0.3) is 5.69 Å². The monoisotopic (exact) mass is 449 g/mol. The molecule has 8 heteroatoms. The lowest BCUT2D eigenvalue weighted by Crippen LogP contribution is -2.29. The molecule has 1 aromatic heterocycles. The van der Waals surface area contributed by atoms with Crippen LogP contribution < -0.4 is 20.7 Å². The molecule has 1 atom stereocenters. The number of nitrogens with zero attached hydrogens (tertiary/aromatic N) is 2. The second-order valence-electron chi connectivity index (χ2n) is 8.26. The number of ether oxygens (including phenoxy) is 2. The molecule has 0 aliphatic carbocycles. The number of methoxy groups -OCH3 is 1. The van der Waals surface area contributed by atoms with Crippen LogP contribution in [-0.2, 0) is 17.9 Å². The van der Waals surface area contributed by atoms with Crippen molar-refractivity contribution in [3.05, 3.63) is 70.8 Å². The number of aryl methyl sites for hydroxylation is 1. The summed E-state index contributed by atoms with van der Waals surface area (Å²) in [5, 5.41) is 13.9. The first kappa shape index (κ1) is 22.8. The quantitative estimate of drug-likeness (QED) is 0.488. The molecule has 0 bridgehead atoms. The number of urea groups is 1. The van der Waals surface area contributed by atoms with Gasteiger partial charge in [0.1, 0.15) is 11.9 Å². The summed E-state index contributed by atoms with van der Waals surface area (Å²) in [6, 6.07) is 15.5. The van der Waals surface area contributed by atoms with Crippen LogP contribution in [0.5, 0.6) is 5.88 Å². The summed E-state index contributed by atoms with van der Waals surface area (Å²) in [4.78, 5) is 12.9. The summed E-state index contributed by atoms with van der Waals surface area (Å²) in [5.74, 6) is 1.12. The minimum absolute atomic E-state index is 0.0758. The van der Waals surface area contributed by atoms with Crippen molar-refractivity contribution in [1.29, 1.82) is 0 Å². The molecule has 0 saturated carbocycles. The van der Waals surface area contributed by atoms with E-state index < -0.39 is 0 Å². The molecule has 0 unspecified atom stereocenters. The zero-order valence-electron chi connectivity index (χ0n) is 19.4. The average molecular weight is 450 g/mol. The van der Waals surface area contributed by atoms with Gasteiger partial charge < -0.3 is 20.1 Å². The van der Waals surface area contributed by atoms with Crippen molar-refractivity contribution in [1.82, 2.24) is 20.4 Å². The van der Waals surface area contributed by atoms with E-state index in [9.17, 15) is 4.79 Å². The van der Waals surface area contributed by atoms with Crippen molar-refractivity contribution in [3.63, 3.8) is 0 Å².